The van der Waals surface area contributed by atoms with E-state index in [0.29, 0.717) is 19.5 Å². The first-order chi connectivity index (χ1) is 9.30. The van der Waals surface area contributed by atoms with Crippen LogP contribution < -0.4 is 16.4 Å². The summed E-state index contributed by atoms with van der Waals surface area (Å²) < 4.78 is 5.17. The minimum atomic E-state index is -0.578. The van der Waals surface area contributed by atoms with Crippen LogP contribution in [-0.2, 0) is 9.53 Å². The quantitative estimate of drug-likeness (QED) is 0.590. The highest BCUT2D eigenvalue weighted by Crippen LogP contribution is 2.08. The third-order valence-electron chi connectivity index (χ3n) is 2.50. The van der Waals surface area contributed by atoms with Crippen LogP contribution in [0.4, 0.5) is 4.79 Å². The number of carbonyl (C=O) groups is 2. The van der Waals surface area contributed by atoms with E-state index in [4.69, 9.17) is 10.5 Å². The van der Waals surface area contributed by atoms with Crippen LogP contribution in [0.2, 0.25) is 0 Å². The van der Waals surface area contributed by atoms with Crippen molar-refractivity contribution in [2.45, 2.75) is 65.0 Å². The number of unbranched alkanes of at least 4 members (excludes halogenated alkanes) is 1. The Bertz CT molecular complexity index is 301. The Labute approximate surface area is 121 Å². The maximum Gasteiger partial charge on any atom is 0.408 e. The molecule has 4 N–H and O–H groups in total. The zero-order valence-corrected chi connectivity index (χ0v) is 13.1. The van der Waals surface area contributed by atoms with Crippen molar-refractivity contribution in [2.75, 3.05) is 13.1 Å². The maximum atomic E-state index is 12.0. The minimum Gasteiger partial charge on any atom is -0.444 e. The summed E-state index contributed by atoms with van der Waals surface area (Å²) in [4.78, 5) is 23.7. The molecule has 0 aromatic rings. The predicted molar refractivity (Wildman–Crippen MR) is 79.4 cm³/mol. The number of alkyl carbamates (subject to hydrolysis) is 1. The number of nitrogens with two attached hydrogens (primary N) is 1. The molecule has 0 aromatic heterocycles. The zero-order valence-electron chi connectivity index (χ0n) is 13.1. The largest absolute Gasteiger partial charge is 0.444 e. The average molecular weight is 287 g/mol. The summed E-state index contributed by atoms with van der Waals surface area (Å²) in [6.45, 7) is 8.51. The van der Waals surface area contributed by atoms with Crippen LogP contribution in [-0.4, -0.2) is 36.7 Å². The molecule has 0 bridgehead atoms. The van der Waals surface area contributed by atoms with Crippen LogP contribution in [0, 0.1) is 0 Å². The van der Waals surface area contributed by atoms with E-state index in [1.54, 1.807) is 20.8 Å². The minimum absolute atomic E-state index is 0.172. The van der Waals surface area contributed by atoms with Gasteiger partial charge in [0.05, 0.1) is 0 Å². The van der Waals surface area contributed by atoms with Gasteiger partial charge >= 0.3 is 6.09 Å². The van der Waals surface area contributed by atoms with Crippen molar-refractivity contribution in [1.82, 2.24) is 10.6 Å². The summed E-state index contributed by atoms with van der Waals surface area (Å²) in [5, 5.41) is 5.41. The van der Waals surface area contributed by atoms with E-state index < -0.39 is 17.7 Å². The van der Waals surface area contributed by atoms with Crippen LogP contribution in [0.15, 0.2) is 0 Å². The van der Waals surface area contributed by atoms with Crippen LogP contribution in [0.1, 0.15) is 53.4 Å². The first-order valence-corrected chi connectivity index (χ1v) is 7.27. The number of nitrogens with one attached hydrogen (secondary N) is 2. The predicted octanol–water partition coefficient (Wildman–Crippen LogP) is 1.53. The number of hydrogen-bond donors (Lipinski definition) is 3. The van der Waals surface area contributed by atoms with Gasteiger partial charge in [0, 0.05) is 6.54 Å². The number of rotatable bonds is 8. The summed E-state index contributed by atoms with van der Waals surface area (Å²) in [6, 6.07) is -0.567. The van der Waals surface area contributed by atoms with Crippen LogP contribution in [0.5, 0.6) is 0 Å². The second-order valence-electron chi connectivity index (χ2n) is 5.77. The summed E-state index contributed by atoms with van der Waals surface area (Å²) >= 11 is 0. The second-order valence-corrected chi connectivity index (χ2v) is 5.77. The molecular formula is C14H29N3O3. The van der Waals surface area contributed by atoms with Gasteiger partial charge in [0.2, 0.25) is 5.91 Å². The van der Waals surface area contributed by atoms with E-state index in [1.165, 1.54) is 0 Å². The van der Waals surface area contributed by atoms with Crippen molar-refractivity contribution in [2.24, 2.45) is 5.73 Å². The first-order valence-electron chi connectivity index (χ1n) is 7.27. The van der Waals surface area contributed by atoms with Crippen LogP contribution in [0.3, 0.4) is 0 Å². The molecule has 0 rings (SSSR count). The summed E-state index contributed by atoms with van der Waals surface area (Å²) in [5.41, 5.74) is 4.87. The highest BCUT2D eigenvalue weighted by molar-refractivity contribution is 5.85. The molecule has 6 heteroatoms. The topological polar surface area (TPSA) is 93.5 Å². The second kappa shape index (κ2) is 9.58. The van der Waals surface area contributed by atoms with Gasteiger partial charge in [-0.3, -0.25) is 4.79 Å². The number of ether oxygens (including phenoxy) is 1. The first kappa shape index (κ1) is 18.7. The maximum absolute atomic E-state index is 12.0. The fourth-order valence-corrected chi connectivity index (χ4v) is 1.58. The fraction of sp³-hybridized carbons (Fsp3) is 0.857. The molecule has 0 radical (unpaired) electrons. The number of amides is 2. The van der Waals surface area contributed by atoms with E-state index in [-0.39, 0.29) is 5.91 Å². The third kappa shape index (κ3) is 9.61. The average Bonchev–Trinajstić information content (AvgIpc) is 2.32. The van der Waals surface area contributed by atoms with Gasteiger partial charge < -0.3 is 21.1 Å². The molecule has 0 heterocycles. The zero-order chi connectivity index (χ0) is 15.6. The number of carbonyl (C=O) groups excluding carboxylic acids is 2. The smallest absolute Gasteiger partial charge is 0.408 e. The Kier molecular flexibility index (Phi) is 8.96. The number of hydrogen-bond acceptors (Lipinski definition) is 4. The van der Waals surface area contributed by atoms with Gasteiger partial charge in [-0.2, -0.15) is 0 Å². The van der Waals surface area contributed by atoms with Gasteiger partial charge in [-0.05, 0) is 53.0 Å². The Morgan fingerprint density at radius 3 is 2.40 bits per heavy atom. The molecule has 0 aliphatic heterocycles. The highest BCUT2D eigenvalue weighted by atomic mass is 16.6. The van der Waals surface area contributed by atoms with Gasteiger partial charge in [-0.1, -0.05) is 6.92 Å². The monoisotopic (exact) mass is 287 g/mol. The summed E-state index contributed by atoms with van der Waals surface area (Å²) in [7, 11) is 0. The summed E-state index contributed by atoms with van der Waals surface area (Å²) in [5.74, 6) is -0.172. The molecule has 118 valence electrons. The standard InChI is InChI=1S/C14H29N3O3/c1-5-10-16-12(18)11(8-6-7-9-15)17-13(19)20-14(2,3)4/h11H,5-10,15H2,1-4H3,(H,16,18)(H,17,19)/t11-/m0/s1. The van der Waals surface area contributed by atoms with Crippen molar-refractivity contribution in [1.29, 1.82) is 0 Å². The molecule has 1 atom stereocenters. The van der Waals surface area contributed by atoms with Crippen LogP contribution in [0.25, 0.3) is 0 Å². The Balaban J connectivity index is 4.43. The lowest BCUT2D eigenvalue weighted by molar-refractivity contribution is -0.123. The Morgan fingerprint density at radius 1 is 1.25 bits per heavy atom. The van der Waals surface area contributed by atoms with E-state index in [2.05, 4.69) is 10.6 Å². The van der Waals surface area contributed by atoms with Crippen molar-refractivity contribution in [3.05, 3.63) is 0 Å². The molecule has 0 spiro atoms. The lowest BCUT2D eigenvalue weighted by Gasteiger charge is -2.23. The molecule has 0 aliphatic rings. The molecule has 20 heavy (non-hydrogen) atoms. The SMILES string of the molecule is CCCNC(=O)[C@H](CCCCN)NC(=O)OC(C)(C)C. The molecule has 6 nitrogen and oxygen atoms in total. The molecule has 0 unspecified atom stereocenters. The van der Waals surface area contributed by atoms with Gasteiger partial charge in [0.15, 0.2) is 0 Å². The fourth-order valence-electron chi connectivity index (χ4n) is 1.58. The van der Waals surface area contributed by atoms with Gasteiger partial charge in [-0.15, -0.1) is 0 Å². The molecule has 0 aromatic carbocycles. The van der Waals surface area contributed by atoms with E-state index in [1.807, 2.05) is 6.92 Å². The highest BCUT2D eigenvalue weighted by Gasteiger charge is 2.23. The summed E-state index contributed by atoms with van der Waals surface area (Å²) in [6.07, 6.45) is 2.46. The van der Waals surface area contributed by atoms with Crippen molar-refractivity contribution < 1.29 is 14.3 Å². The van der Waals surface area contributed by atoms with E-state index in [0.717, 1.165) is 19.3 Å². The Hall–Kier alpha value is -1.30. The molecule has 0 saturated heterocycles. The van der Waals surface area contributed by atoms with Crippen molar-refractivity contribution in [3.8, 4) is 0 Å². The van der Waals surface area contributed by atoms with Gasteiger partial charge in [0.1, 0.15) is 11.6 Å². The third-order valence-corrected chi connectivity index (χ3v) is 2.50. The molecule has 0 fully saturated rings. The van der Waals surface area contributed by atoms with Crippen molar-refractivity contribution in [3.63, 3.8) is 0 Å². The van der Waals surface area contributed by atoms with Gasteiger partial charge in [-0.25, -0.2) is 4.79 Å². The molecule has 0 saturated carbocycles. The van der Waals surface area contributed by atoms with Crippen LogP contribution >= 0.6 is 0 Å². The molecule has 2 amide bonds. The lowest BCUT2D eigenvalue weighted by Crippen LogP contribution is -2.48. The van der Waals surface area contributed by atoms with Crippen molar-refractivity contribution >= 4 is 12.0 Å². The Morgan fingerprint density at radius 2 is 1.90 bits per heavy atom. The van der Waals surface area contributed by atoms with Gasteiger partial charge in [0.25, 0.3) is 0 Å². The normalized spacial score (nSPS) is 12.7. The molecule has 0 aliphatic carbocycles. The lowest BCUT2D eigenvalue weighted by atomic mass is 10.1. The van der Waals surface area contributed by atoms with E-state index >= 15 is 0 Å². The van der Waals surface area contributed by atoms with E-state index in [9.17, 15) is 9.59 Å². The molecular weight excluding hydrogens is 258 g/mol.